The van der Waals surface area contributed by atoms with Crippen molar-refractivity contribution in [2.24, 2.45) is 0 Å². The summed E-state index contributed by atoms with van der Waals surface area (Å²) in [5.41, 5.74) is 0. The zero-order valence-electron chi connectivity index (χ0n) is 46.4. The Bertz CT molecular complexity index is 1010. The maximum Gasteiger partial charge on any atom is 0.306 e. The monoisotopic (exact) mass is 961 g/mol. The van der Waals surface area contributed by atoms with Gasteiger partial charge in [0.2, 0.25) is 0 Å². The van der Waals surface area contributed by atoms with Crippen molar-refractivity contribution in [1.82, 2.24) is 0 Å². The van der Waals surface area contributed by atoms with Crippen LogP contribution in [-0.2, 0) is 28.6 Å². The summed E-state index contributed by atoms with van der Waals surface area (Å²) in [6.07, 6.45) is 65.3. The summed E-state index contributed by atoms with van der Waals surface area (Å²) >= 11 is 0. The molecule has 0 heterocycles. The molecular weight excluding hydrogens is 841 g/mol. The average molecular weight is 962 g/mol. The van der Waals surface area contributed by atoms with Crippen molar-refractivity contribution in [3.8, 4) is 0 Å². The maximum atomic E-state index is 12.9. The Balaban J connectivity index is 4.27. The van der Waals surface area contributed by atoms with Gasteiger partial charge in [0.05, 0.1) is 0 Å². The van der Waals surface area contributed by atoms with Gasteiger partial charge in [-0.2, -0.15) is 0 Å². The van der Waals surface area contributed by atoms with Crippen molar-refractivity contribution < 1.29 is 28.6 Å². The number of carbonyl (C=O) groups is 3. The highest BCUT2D eigenvalue weighted by molar-refractivity contribution is 5.71. The first-order valence-electron chi connectivity index (χ1n) is 31.0. The first kappa shape index (κ1) is 66.4. The Morgan fingerprint density at radius 1 is 0.235 bits per heavy atom. The molecular formula is C62H120O6. The van der Waals surface area contributed by atoms with Gasteiger partial charge in [-0.1, -0.05) is 323 Å². The molecule has 404 valence electrons. The zero-order chi connectivity index (χ0) is 49.3. The van der Waals surface area contributed by atoms with Crippen LogP contribution in [0, 0.1) is 0 Å². The van der Waals surface area contributed by atoms with Crippen LogP contribution in [0.5, 0.6) is 0 Å². The van der Waals surface area contributed by atoms with Gasteiger partial charge in [0, 0.05) is 19.3 Å². The Morgan fingerprint density at radius 3 is 0.588 bits per heavy atom. The van der Waals surface area contributed by atoms with Gasteiger partial charge >= 0.3 is 17.9 Å². The summed E-state index contributed by atoms with van der Waals surface area (Å²) in [6, 6.07) is 0. The highest BCUT2D eigenvalue weighted by Crippen LogP contribution is 2.18. The summed E-state index contributed by atoms with van der Waals surface area (Å²) < 4.78 is 16.9. The van der Waals surface area contributed by atoms with Gasteiger partial charge in [-0.15, -0.1) is 0 Å². The van der Waals surface area contributed by atoms with Crippen molar-refractivity contribution >= 4 is 17.9 Å². The normalized spacial score (nSPS) is 11.9. The van der Waals surface area contributed by atoms with E-state index in [2.05, 4.69) is 20.8 Å². The van der Waals surface area contributed by atoms with Crippen LogP contribution < -0.4 is 0 Å². The van der Waals surface area contributed by atoms with Crippen molar-refractivity contribution in [1.29, 1.82) is 0 Å². The van der Waals surface area contributed by atoms with E-state index in [9.17, 15) is 14.4 Å². The standard InChI is InChI=1S/C62H120O6/c1-4-7-10-13-16-19-22-25-28-30-31-33-34-37-40-43-46-49-52-55-61(64)67-58-59(57-66-60(63)54-51-48-45-42-39-36-27-24-21-18-15-12-9-6-3)68-62(65)56-53-50-47-44-41-38-35-32-29-26-23-20-17-14-11-8-5-2/h59H,4-58H2,1-3H3/t59-/m0/s1. The first-order chi connectivity index (χ1) is 33.5. The molecule has 6 nitrogen and oxygen atoms in total. The predicted octanol–water partition coefficient (Wildman–Crippen LogP) is 20.7. The van der Waals surface area contributed by atoms with Crippen LogP contribution in [0.1, 0.15) is 361 Å². The third-order valence-corrected chi connectivity index (χ3v) is 14.4. The van der Waals surface area contributed by atoms with E-state index >= 15 is 0 Å². The summed E-state index contributed by atoms with van der Waals surface area (Å²) in [7, 11) is 0. The molecule has 0 N–H and O–H groups in total. The van der Waals surface area contributed by atoms with E-state index in [1.165, 1.54) is 263 Å². The molecule has 0 fully saturated rings. The number of rotatable bonds is 58. The van der Waals surface area contributed by atoms with Gasteiger partial charge in [-0.05, 0) is 19.3 Å². The van der Waals surface area contributed by atoms with Crippen LogP contribution in [-0.4, -0.2) is 37.2 Å². The Morgan fingerprint density at radius 2 is 0.397 bits per heavy atom. The minimum Gasteiger partial charge on any atom is -0.462 e. The van der Waals surface area contributed by atoms with Crippen LogP contribution >= 0.6 is 0 Å². The fraction of sp³-hybridized carbons (Fsp3) is 0.952. The lowest BCUT2D eigenvalue weighted by Crippen LogP contribution is -2.30. The van der Waals surface area contributed by atoms with Crippen LogP contribution in [0.3, 0.4) is 0 Å². The minimum atomic E-state index is -0.761. The zero-order valence-corrected chi connectivity index (χ0v) is 46.4. The molecule has 0 bridgehead atoms. The van der Waals surface area contributed by atoms with Gasteiger partial charge in [0.1, 0.15) is 13.2 Å². The van der Waals surface area contributed by atoms with Crippen molar-refractivity contribution in [3.63, 3.8) is 0 Å². The fourth-order valence-corrected chi connectivity index (χ4v) is 9.68. The summed E-state index contributed by atoms with van der Waals surface area (Å²) in [5.74, 6) is -0.827. The smallest absolute Gasteiger partial charge is 0.306 e. The molecule has 0 aromatic carbocycles. The second-order valence-electron chi connectivity index (χ2n) is 21.3. The molecule has 0 spiro atoms. The predicted molar refractivity (Wildman–Crippen MR) is 294 cm³/mol. The molecule has 0 aliphatic carbocycles. The van der Waals surface area contributed by atoms with Crippen LogP contribution in [0.25, 0.3) is 0 Å². The van der Waals surface area contributed by atoms with E-state index in [4.69, 9.17) is 14.2 Å². The van der Waals surface area contributed by atoms with Gasteiger partial charge in [-0.3, -0.25) is 14.4 Å². The van der Waals surface area contributed by atoms with Crippen LogP contribution in [0.2, 0.25) is 0 Å². The molecule has 0 aromatic rings. The SMILES string of the molecule is CCCCCCCCCCCCCCCCCCCCCC(=O)OC[C@H](COC(=O)CCCCCCCCCCCCCCCC)OC(=O)CCCCCCCCCCCCCCCCCCC. The highest BCUT2D eigenvalue weighted by Gasteiger charge is 2.19. The summed E-state index contributed by atoms with van der Waals surface area (Å²) in [5, 5.41) is 0. The van der Waals surface area contributed by atoms with Crippen molar-refractivity contribution in [2.75, 3.05) is 13.2 Å². The Kier molecular flexibility index (Phi) is 56.6. The van der Waals surface area contributed by atoms with E-state index in [0.29, 0.717) is 19.3 Å². The van der Waals surface area contributed by atoms with Gasteiger partial charge in [-0.25, -0.2) is 0 Å². The van der Waals surface area contributed by atoms with Gasteiger partial charge in [0.15, 0.2) is 6.10 Å². The van der Waals surface area contributed by atoms with E-state index in [0.717, 1.165) is 57.8 Å². The van der Waals surface area contributed by atoms with Crippen LogP contribution in [0.4, 0.5) is 0 Å². The molecule has 0 aromatic heterocycles. The molecule has 0 saturated carbocycles. The van der Waals surface area contributed by atoms with E-state index in [1.807, 2.05) is 0 Å². The highest BCUT2D eigenvalue weighted by atomic mass is 16.6. The Labute approximate surface area is 425 Å². The number of esters is 3. The number of hydrogen-bond donors (Lipinski definition) is 0. The first-order valence-corrected chi connectivity index (χ1v) is 31.0. The van der Waals surface area contributed by atoms with Crippen LogP contribution in [0.15, 0.2) is 0 Å². The van der Waals surface area contributed by atoms with Crippen molar-refractivity contribution in [2.45, 2.75) is 367 Å². The topological polar surface area (TPSA) is 78.9 Å². The minimum absolute atomic E-state index is 0.0606. The molecule has 0 saturated heterocycles. The number of carbonyl (C=O) groups excluding carboxylic acids is 3. The number of hydrogen-bond acceptors (Lipinski definition) is 6. The molecule has 0 rings (SSSR count). The summed E-state index contributed by atoms with van der Waals surface area (Å²) in [6.45, 7) is 6.72. The molecule has 0 radical (unpaired) electrons. The van der Waals surface area contributed by atoms with Gasteiger partial charge < -0.3 is 14.2 Å². The molecule has 6 heteroatoms. The number of ether oxygens (including phenoxy) is 3. The lowest BCUT2D eigenvalue weighted by molar-refractivity contribution is -0.167. The molecule has 0 unspecified atom stereocenters. The number of unbranched alkanes of at least 4 members (excludes halogenated alkanes) is 47. The third-order valence-electron chi connectivity index (χ3n) is 14.4. The lowest BCUT2D eigenvalue weighted by atomic mass is 10.0. The molecule has 1 atom stereocenters. The second kappa shape index (κ2) is 58.0. The maximum absolute atomic E-state index is 12.9. The largest absolute Gasteiger partial charge is 0.462 e. The molecule has 0 aliphatic heterocycles. The van der Waals surface area contributed by atoms with Crippen molar-refractivity contribution in [3.05, 3.63) is 0 Å². The quantitative estimate of drug-likeness (QED) is 0.0343. The lowest BCUT2D eigenvalue weighted by Gasteiger charge is -2.18. The second-order valence-corrected chi connectivity index (χ2v) is 21.3. The fourth-order valence-electron chi connectivity index (χ4n) is 9.68. The Hall–Kier alpha value is -1.59. The van der Waals surface area contributed by atoms with E-state index < -0.39 is 6.10 Å². The molecule has 0 amide bonds. The van der Waals surface area contributed by atoms with E-state index in [-0.39, 0.29) is 31.1 Å². The molecule has 0 aliphatic rings. The van der Waals surface area contributed by atoms with Gasteiger partial charge in [0.25, 0.3) is 0 Å². The van der Waals surface area contributed by atoms with E-state index in [1.54, 1.807) is 0 Å². The average Bonchev–Trinajstić information content (AvgIpc) is 3.34. The molecule has 68 heavy (non-hydrogen) atoms. The third kappa shape index (κ3) is 55.3. The summed E-state index contributed by atoms with van der Waals surface area (Å²) in [4.78, 5) is 38.2.